The van der Waals surface area contributed by atoms with E-state index in [-0.39, 0.29) is 17.3 Å². The summed E-state index contributed by atoms with van der Waals surface area (Å²) in [7, 11) is 0. The van der Waals surface area contributed by atoms with E-state index in [4.69, 9.17) is 0 Å². The molecule has 1 amide bonds. The third-order valence-electron chi connectivity index (χ3n) is 5.16. The first kappa shape index (κ1) is 19.5. The van der Waals surface area contributed by atoms with Crippen molar-refractivity contribution in [2.75, 3.05) is 11.1 Å². The molecule has 1 aliphatic rings. The van der Waals surface area contributed by atoms with Crippen molar-refractivity contribution in [2.24, 2.45) is 0 Å². The summed E-state index contributed by atoms with van der Waals surface area (Å²) < 4.78 is 2.08. The number of carbonyl (C=O) groups excluding carboxylic acids is 1. The Morgan fingerprint density at radius 1 is 1.24 bits per heavy atom. The van der Waals surface area contributed by atoms with Crippen molar-refractivity contribution in [3.63, 3.8) is 0 Å². The van der Waals surface area contributed by atoms with Gasteiger partial charge in [0.25, 0.3) is 0 Å². The molecule has 2 heterocycles. The summed E-state index contributed by atoms with van der Waals surface area (Å²) in [5.74, 6) is 1.53. The maximum absolute atomic E-state index is 12.4. The molecule has 0 atom stereocenters. The standard InChI is InChI=1S/C20H24N6O2S/c1-2-10-26-18(13-6-4-3-5-7-13)24-25-20(26)29-12-17(27)21-14-8-9-15-16(11-14)23-19(28)22-15/h2,8-9,11,13H,1,3-7,10,12H2,(H,21,27)(H2,22,23,28). The number of anilines is 1. The van der Waals surface area contributed by atoms with Crippen LogP contribution in [0.25, 0.3) is 11.0 Å². The van der Waals surface area contributed by atoms with Crippen molar-refractivity contribution >= 4 is 34.4 Å². The second-order valence-electron chi connectivity index (χ2n) is 7.25. The summed E-state index contributed by atoms with van der Waals surface area (Å²) in [6.45, 7) is 4.49. The summed E-state index contributed by atoms with van der Waals surface area (Å²) in [6, 6.07) is 5.25. The van der Waals surface area contributed by atoms with E-state index in [9.17, 15) is 9.59 Å². The van der Waals surface area contributed by atoms with E-state index in [1.165, 1.54) is 31.0 Å². The van der Waals surface area contributed by atoms with Crippen LogP contribution in [0.4, 0.5) is 5.69 Å². The number of imidazole rings is 1. The van der Waals surface area contributed by atoms with Crippen molar-refractivity contribution in [1.82, 2.24) is 24.7 Å². The summed E-state index contributed by atoms with van der Waals surface area (Å²) in [4.78, 5) is 29.1. The second kappa shape index (κ2) is 8.69. The highest BCUT2D eigenvalue weighted by molar-refractivity contribution is 7.99. The van der Waals surface area contributed by atoms with Gasteiger partial charge < -0.3 is 19.9 Å². The van der Waals surface area contributed by atoms with Gasteiger partial charge in [-0.3, -0.25) is 4.79 Å². The molecular weight excluding hydrogens is 388 g/mol. The van der Waals surface area contributed by atoms with E-state index in [1.54, 1.807) is 18.2 Å². The number of nitrogens with zero attached hydrogens (tertiary/aromatic N) is 3. The van der Waals surface area contributed by atoms with Crippen LogP contribution < -0.4 is 11.0 Å². The van der Waals surface area contributed by atoms with Crippen molar-refractivity contribution in [2.45, 2.75) is 49.7 Å². The monoisotopic (exact) mass is 412 g/mol. The fourth-order valence-electron chi connectivity index (χ4n) is 3.81. The van der Waals surface area contributed by atoms with Gasteiger partial charge >= 0.3 is 5.69 Å². The molecule has 0 bridgehead atoms. The Morgan fingerprint density at radius 3 is 2.83 bits per heavy atom. The Labute approximate surface area is 172 Å². The van der Waals surface area contributed by atoms with Crippen LogP contribution in [-0.4, -0.2) is 36.4 Å². The van der Waals surface area contributed by atoms with Crippen molar-refractivity contribution in [3.05, 3.63) is 47.2 Å². The Balaban J connectivity index is 1.42. The van der Waals surface area contributed by atoms with Gasteiger partial charge in [0.15, 0.2) is 5.16 Å². The van der Waals surface area contributed by atoms with E-state index in [0.717, 1.165) is 23.8 Å². The third kappa shape index (κ3) is 4.45. The summed E-state index contributed by atoms with van der Waals surface area (Å²) in [5.41, 5.74) is 1.72. The van der Waals surface area contributed by atoms with Crippen molar-refractivity contribution < 1.29 is 4.79 Å². The van der Waals surface area contributed by atoms with Crippen LogP contribution in [0.5, 0.6) is 0 Å². The smallest absolute Gasteiger partial charge is 0.323 e. The molecule has 3 aromatic rings. The van der Waals surface area contributed by atoms with Gasteiger partial charge in [-0.1, -0.05) is 37.1 Å². The number of carbonyl (C=O) groups is 1. The third-order valence-corrected chi connectivity index (χ3v) is 6.13. The minimum Gasteiger partial charge on any atom is -0.325 e. The lowest BCUT2D eigenvalue weighted by Gasteiger charge is -2.21. The fourth-order valence-corrected chi connectivity index (χ4v) is 4.56. The number of rotatable bonds is 7. The van der Waals surface area contributed by atoms with Crippen LogP contribution in [-0.2, 0) is 11.3 Å². The van der Waals surface area contributed by atoms with Gasteiger partial charge in [-0.2, -0.15) is 0 Å². The van der Waals surface area contributed by atoms with Gasteiger partial charge in [-0.05, 0) is 31.0 Å². The molecule has 3 N–H and O–H groups in total. The molecule has 0 saturated heterocycles. The first-order chi connectivity index (χ1) is 14.1. The van der Waals surface area contributed by atoms with Crippen LogP contribution in [0.3, 0.4) is 0 Å². The Kier molecular flexibility index (Phi) is 5.84. The lowest BCUT2D eigenvalue weighted by molar-refractivity contribution is -0.113. The number of amides is 1. The van der Waals surface area contributed by atoms with E-state index in [1.807, 2.05) is 6.08 Å². The van der Waals surface area contributed by atoms with Crippen LogP contribution in [0.2, 0.25) is 0 Å². The number of hydrogen-bond donors (Lipinski definition) is 3. The minimum atomic E-state index is -0.269. The molecule has 152 valence electrons. The number of H-pyrrole nitrogens is 2. The molecule has 4 rings (SSSR count). The van der Waals surface area contributed by atoms with Crippen LogP contribution in [0, 0.1) is 0 Å². The normalized spacial score (nSPS) is 14.9. The number of nitrogens with one attached hydrogen (secondary N) is 3. The number of benzene rings is 1. The van der Waals surface area contributed by atoms with Crippen LogP contribution in [0.1, 0.15) is 43.8 Å². The molecule has 1 fully saturated rings. The van der Waals surface area contributed by atoms with Crippen LogP contribution >= 0.6 is 11.8 Å². The predicted octanol–water partition coefficient (Wildman–Crippen LogP) is 3.41. The SMILES string of the molecule is C=CCn1c(SCC(=O)Nc2ccc3[nH]c(=O)[nH]c3c2)nnc1C1CCCCC1. The quantitative estimate of drug-likeness (QED) is 0.407. The summed E-state index contributed by atoms with van der Waals surface area (Å²) in [6.07, 6.45) is 7.87. The second-order valence-corrected chi connectivity index (χ2v) is 8.19. The molecule has 1 saturated carbocycles. The molecule has 1 aromatic carbocycles. The maximum atomic E-state index is 12.4. The molecule has 1 aliphatic carbocycles. The van der Waals surface area contributed by atoms with Gasteiger partial charge in [0.2, 0.25) is 5.91 Å². The molecule has 0 unspecified atom stereocenters. The topological polar surface area (TPSA) is 108 Å². The molecule has 0 radical (unpaired) electrons. The average molecular weight is 413 g/mol. The van der Waals surface area contributed by atoms with E-state index < -0.39 is 0 Å². The highest BCUT2D eigenvalue weighted by Gasteiger charge is 2.23. The average Bonchev–Trinajstić information content (AvgIpc) is 3.29. The van der Waals surface area contributed by atoms with Gasteiger partial charge in [0, 0.05) is 18.2 Å². The summed E-state index contributed by atoms with van der Waals surface area (Å²) in [5, 5.41) is 12.4. The zero-order valence-corrected chi connectivity index (χ0v) is 16.9. The highest BCUT2D eigenvalue weighted by Crippen LogP contribution is 2.33. The molecule has 8 nitrogen and oxygen atoms in total. The van der Waals surface area contributed by atoms with Crippen molar-refractivity contribution in [1.29, 1.82) is 0 Å². The Bertz CT molecular complexity index is 1080. The van der Waals surface area contributed by atoms with Gasteiger partial charge in [0.1, 0.15) is 5.82 Å². The Morgan fingerprint density at radius 2 is 2.03 bits per heavy atom. The highest BCUT2D eigenvalue weighted by atomic mass is 32.2. The first-order valence-electron chi connectivity index (χ1n) is 9.82. The van der Waals surface area contributed by atoms with Crippen molar-refractivity contribution in [3.8, 4) is 0 Å². The van der Waals surface area contributed by atoms with Gasteiger partial charge in [-0.25, -0.2) is 4.79 Å². The number of thioether (sulfide) groups is 1. The lowest BCUT2D eigenvalue weighted by Crippen LogP contribution is -2.15. The number of allylic oxidation sites excluding steroid dienone is 1. The molecule has 9 heteroatoms. The zero-order chi connectivity index (χ0) is 20.2. The number of hydrogen-bond acceptors (Lipinski definition) is 5. The lowest BCUT2D eigenvalue weighted by atomic mass is 9.89. The molecular formula is C20H24N6O2S. The maximum Gasteiger partial charge on any atom is 0.323 e. The number of fused-ring (bicyclic) bond motifs is 1. The molecule has 2 aromatic heterocycles. The van der Waals surface area contributed by atoms with Gasteiger partial charge in [-0.15, -0.1) is 16.8 Å². The largest absolute Gasteiger partial charge is 0.325 e. The molecule has 0 aliphatic heterocycles. The fraction of sp³-hybridized carbons (Fsp3) is 0.400. The number of aromatic amines is 2. The van der Waals surface area contributed by atoms with Gasteiger partial charge in [0.05, 0.1) is 16.8 Å². The zero-order valence-electron chi connectivity index (χ0n) is 16.1. The minimum absolute atomic E-state index is 0.139. The van der Waals surface area contributed by atoms with E-state index in [0.29, 0.717) is 29.2 Å². The van der Waals surface area contributed by atoms with E-state index >= 15 is 0 Å². The number of aromatic nitrogens is 5. The van der Waals surface area contributed by atoms with Crippen LogP contribution in [0.15, 0.2) is 40.8 Å². The Hall–Kier alpha value is -2.81. The summed E-state index contributed by atoms with van der Waals surface area (Å²) >= 11 is 1.37. The van der Waals surface area contributed by atoms with E-state index in [2.05, 4.69) is 36.6 Å². The first-order valence-corrected chi connectivity index (χ1v) is 10.8. The molecule has 0 spiro atoms. The molecule has 29 heavy (non-hydrogen) atoms. The predicted molar refractivity (Wildman–Crippen MR) is 114 cm³/mol.